The number of non-ortho nitro benzene ring substituents is 1. The van der Waals surface area contributed by atoms with Crippen LogP contribution in [0.2, 0.25) is 0 Å². The van der Waals surface area contributed by atoms with Gasteiger partial charge in [-0.15, -0.1) is 0 Å². The summed E-state index contributed by atoms with van der Waals surface area (Å²) >= 11 is 0. The maximum Gasteiger partial charge on any atom is 0.270 e. The van der Waals surface area contributed by atoms with Gasteiger partial charge in [-0.05, 0) is 13.0 Å². The van der Waals surface area contributed by atoms with E-state index < -0.39 is 4.92 Å². The van der Waals surface area contributed by atoms with E-state index in [0.29, 0.717) is 12.1 Å². The molecule has 0 atom stereocenters. The van der Waals surface area contributed by atoms with Crippen LogP contribution < -0.4 is 0 Å². The third kappa shape index (κ3) is 2.29. The van der Waals surface area contributed by atoms with Crippen LogP contribution >= 0.6 is 0 Å². The van der Waals surface area contributed by atoms with Crippen LogP contribution in [-0.4, -0.2) is 22.8 Å². The average molecular weight is 194 g/mol. The highest BCUT2D eigenvalue weighted by molar-refractivity contribution is 5.84. The summed E-state index contributed by atoms with van der Waals surface area (Å²) in [6, 6.07) is 3.82. The highest BCUT2D eigenvalue weighted by Gasteiger charge is 2.08. The molecule has 1 rings (SSSR count). The first-order valence-corrected chi connectivity index (χ1v) is 4.12. The summed E-state index contributed by atoms with van der Waals surface area (Å²) in [4.78, 5) is 13.8. The van der Waals surface area contributed by atoms with Crippen LogP contribution in [-0.2, 0) is 0 Å². The predicted octanol–water partition coefficient (Wildman–Crippen LogP) is 1.74. The molecule has 0 saturated heterocycles. The second kappa shape index (κ2) is 4.36. The van der Waals surface area contributed by atoms with Gasteiger partial charge in [0.15, 0.2) is 0 Å². The second-order valence-electron chi connectivity index (χ2n) is 2.63. The number of nitro groups is 1. The number of hydrogen-bond donors (Lipinski definition) is 1. The summed E-state index contributed by atoms with van der Waals surface area (Å²) in [6.07, 6.45) is 1.42. The smallest absolute Gasteiger partial charge is 0.270 e. The largest absolute Gasteiger partial charge is 0.507 e. The topological polar surface area (TPSA) is 75.7 Å². The maximum absolute atomic E-state index is 10.4. The SMILES string of the molecule is CCN=Cc1cc([N+](=O)[O-])ccc1O. The molecule has 0 heterocycles. The number of phenols is 1. The van der Waals surface area contributed by atoms with Crippen molar-refractivity contribution in [2.45, 2.75) is 6.92 Å². The first-order valence-electron chi connectivity index (χ1n) is 4.12. The van der Waals surface area contributed by atoms with Gasteiger partial charge in [-0.1, -0.05) is 0 Å². The van der Waals surface area contributed by atoms with E-state index in [2.05, 4.69) is 4.99 Å². The molecule has 0 aliphatic rings. The molecular weight excluding hydrogens is 184 g/mol. The summed E-state index contributed by atoms with van der Waals surface area (Å²) in [5.41, 5.74) is 0.307. The van der Waals surface area contributed by atoms with Crippen LogP contribution in [0, 0.1) is 10.1 Å². The zero-order valence-electron chi connectivity index (χ0n) is 7.67. The van der Waals surface area contributed by atoms with Crippen molar-refractivity contribution < 1.29 is 10.0 Å². The van der Waals surface area contributed by atoms with E-state index in [-0.39, 0.29) is 11.4 Å². The number of hydrogen-bond acceptors (Lipinski definition) is 4. The molecule has 0 aliphatic carbocycles. The Morgan fingerprint density at radius 1 is 1.64 bits per heavy atom. The van der Waals surface area contributed by atoms with Gasteiger partial charge in [0.2, 0.25) is 0 Å². The van der Waals surface area contributed by atoms with Crippen molar-refractivity contribution >= 4 is 11.9 Å². The van der Waals surface area contributed by atoms with E-state index >= 15 is 0 Å². The highest BCUT2D eigenvalue weighted by atomic mass is 16.6. The Kier molecular flexibility index (Phi) is 3.17. The number of aromatic hydroxyl groups is 1. The van der Waals surface area contributed by atoms with Crippen LogP contribution in [0.3, 0.4) is 0 Å². The Balaban J connectivity index is 3.08. The standard InChI is InChI=1S/C9H10N2O3/c1-2-10-6-7-5-8(11(13)14)3-4-9(7)12/h3-6,12H,2H2,1H3. The summed E-state index contributed by atoms with van der Waals surface area (Å²) in [6.45, 7) is 2.41. The molecule has 0 fully saturated rings. The van der Waals surface area contributed by atoms with Gasteiger partial charge in [0, 0.05) is 30.5 Å². The van der Waals surface area contributed by atoms with Gasteiger partial charge in [-0.25, -0.2) is 0 Å². The molecule has 0 spiro atoms. The number of aliphatic imine (C=N–C) groups is 1. The van der Waals surface area contributed by atoms with Gasteiger partial charge in [-0.3, -0.25) is 15.1 Å². The number of rotatable bonds is 3. The molecule has 0 bridgehead atoms. The van der Waals surface area contributed by atoms with E-state index in [1.54, 1.807) is 0 Å². The van der Waals surface area contributed by atoms with E-state index in [4.69, 9.17) is 0 Å². The minimum Gasteiger partial charge on any atom is -0.507 e. The third-order valence-corrected chi connectivity index (χ3v) is 1.63. The molecule has 0 saturated carbocycles. The summed E-state index contributed by atoms with van der Waals surface area (Å²) < 4.78 is 0. The number of benzene rings is 1. The molecule has 5 nitrogen and oxygen atoms in total. The van der Waals surface area contributed by atoms with Crippen LogP contribution in [0.1, 0.15) is 12.5 Å². The molecule has 5 heteroatoms. The lowest BCUT2D eigenvalue weighted by Crippen LogP contribution is -1.90. The van der Waals surface area contributed by atoms with Crippen LogP contribution in [0.5, 0.6) is 5.75 Å². The molecular formula is C9H10N2O3. The third-order valence-electron chi connectivity index (χ3n) is 1.63. The minimum atomic E-state index is -0.511. The lowest BCUT2D eigenvalue weighted by molar-refractivity contribution is -0.384. The molecule has 0 aromatic heterocycles. The van der Waals surface area contributed by atoms with E-state index in [1.807, 2.05) is 6.92 Å². The number of nitro benzene ring substituents is 1. The Bertz CT molecular complexity index is 374. The van der Waals surface area contributed by atoms with Gasteiger partial charge in [0.1, 0.15) is 5.75 Å². The maximum atomic E-state index is 10.4. The molecule has 0 unspecified atom stereocenters. The van der Waals surface area contributed by atoms with Crippen molar-refractivity contribution in [2.24, 2.45) is 4.99 Å². The summed E-state index contributed by atoms with van der Waals surface area (Å²) in [7, 11) is 0. The first kappa shape index (κ1) is 10.2. The lowest BCUT2D eigenvalue weighted by Gasteiger charge is -1.97. The zero-order chi connectivity index (χ0) is 10.6. The van der Waals surface area contributed by atoms with E-state index in [9.17, 15) is 15.2 Å². The normalized spacial score (nSPS) is 10.6. The molecule has 1 aromatic rings. The molecule has 1 aromatic carbocycles. The minimum absolute atomic E-state index is 0.00667. The Labute approximate surface area is 80.9 Å². The highest BCUT2D eigenvalue weighted by Crippen LogP contribution is 2.21. The van der Waals surface area contributed by atoms with Gasteiger partial charge in [-0.2, -0.15) is 0 Å². The van der Waals surface area contributed by atoms with Crippen molar-refractivity contribution in [1.29, 1.82) is 0 Å². The van der Waals surface area contributed by atoms with Crippen LogP contribution in [0.15, 0.2) is 23.2 Å². The average Bonchev–Trinajstić information content (AvgIpc) is 2.16. The van der Waals surface area contributed by atoms with Crippen molar-refractivity contribution in [3.8, 4) is 5.75 Å². The van der Waals surface area contributed by atoms with Gasteiger partial charge in [0.05, 0.1) is 4.92 Å². The lowest BCUT2D eigenvalue weighted by atomic mass is 10.2. The Hall–Kier alpha value is -1.91. The summed E-state index contributed by atoms with van der Waals surface area (Å²) in [5, 5.41) is 19.7. The fourth-order valence-corrected chi connectivity index (χ4v) is 0.949. The molecule has 0 radical (unpaired) electrons. The van der Waals surface area contributed by atoms with Crippen molar-refractivity contribution in [1.82, 2.24) is 0 Å². The zero-order valence-corrected chi connectivity index (χ0v) is 7.67. The number of phenolic OH excluding ortho intramolecular Hbond substituents is 1. The fourth-order valence-electron chi connectivity index (χ4n) is 0.949. The fraction of sp³-hybridized carbons (Fsp3) is 0.222. The van der Waals surface area contributed by atoms with Gasteiger partial charge >= 0.3 is 0 Å². The Morgan fingerprint density at radius 3 is 2.93 bits per heavy atom. The van der Waals surface area contributed by atoms with Gasteiger partial charge < -0.3 is 5.11 Å². The monoisotopic (exact) mass is 194 g/mol. The van der Waals surface area contributed by atoms with Crippen molar-refractivity contribution in [2.75, 3.05) is 6.54 Å². The molecule has 0 amide bonds. The van der Waals surface area contributed by atoms with E-state index in [1.165, 1.54) is 24.4 Å². The molecule has 74 valence electrons. The van der Waals surface area contributed by atoms with Crippen LogP contribution in [0.4, 0.5) is 5.69 Å². The predicted molar refractivity (Wildman–Crippen MR) is 52.9 cm³/mol. The van der Waals surface area contributed by atoms with Crippen molar-refractivity contribution in [3.63, 3.8) is 0 Å². The number of nitrogens with zero attached hydrogens (tertiary/aromatic N) is 2. The summed E-state index contributed by atoms with van der Waals surface area (Å²) in [5.74, 6) is -0.00667. The quantitative estimate of drug-likeness (QED) is 0.452. The van der Waals surface area contributed by atoms with Crippen LogP contribution in [0.25, 0.3) is 0 Å². The second-order valence-corrected chi connectivity index (χ2v) is 2.63. The molecule has 0 aliphatic heterocycles. The van der Waals surface area contributed by atoms with E-state index in [0.717, 1.165) is 0 Å². The Morgan fingerprint density at radius 2 is 2.36 bits per heavy atom. The van der Waals surface area contributed by atoms with Crippen molar-refractivity contribution in [3.05, 3.63) is 33.9 Å². The molecule has 1 N–H and O–H groups in total. The first-order chi connectivity index (χ1) is 6.65. The molecule has 14 heavy (non-hydrogen) atoms. The van der Waals surface area contributed by atoms with Gasteiger partial charge in [0.25, 0.3) is 5.69 Å².